The van der Waals surface area contributed by atoms with E-state index in [1.807, 2.05) is 11.8 Å². The largest absolute Gasteiger partial charge is 0.314 e. The minimum atomic E-state index is 0.450. The van der Waals surface area contributed by atoms with Gasteiger partial charge in [0.15, 0.2) is 0 Å². The van der Waals surface area contributed by atoms with E-state index in [0.717, 1.165) is 0 Å². The van der Waals surface area contributed by atoms with Gasteiger partial charge in [-0.25, -0.2) is 0 Å². The topological polar surface area (TPSA) is 15.3 Å². The van der Waals surface area contributed by atoms with Crippen molar-refractivity contribution in [1.29, 1.82) is 0 Å². The number of nitrogens with one attached hydrogen (secondary N) is 1. The predicted octanol–water partition coefficient (Wildman–Crippen LogP) is 2.59. The highest BCUT2D eigenvalue weighted by Gasteiger charge is 2.29. The summed E-state index contributed by atoms with van der Waals surface area (Å²) < 4.78 is 0. The van der Waals surface area contributed by atoms with Crippen molar-refractivity contribution in [3.8, 4) is 0 Å². The molecule has 0 unspecified atom stereocenters. The molecule has 1 saturated carbocycles. The van der Waals surface area contributed by atoms with E-state index in [1.165, 1.54) is 57.4 Å². The summed E-state index contributed by atoms with van der Waals surface area (Å²) in [6.45, 7) is 2.46. The van der Waals surface area contributed by atoms with Crippen molar-refractivity contribution in [1.82, 2.24) is 10.2 Å². The predicted molar refractivity (Wildman–Crippen MR) is 75.4 cm³/mol. The molecule has 0 aliphatic heterocycles. The van der Waals surface area contributed by atoms with Crippen molar-refractivity contribution in [3.05, 3.63) is 0 Å². The van der Waals surface area contributed by atoms with Gasteiger partial charge in [0.25, 0.3) is 0 Å². The molecule has 96 valence electrons. The van der Waals surface area contributed by atoms with Gasteiger partial charge in [0.1, 0.15) is 0 Å². The first-order valence-electron chi connectivity index (χ1n) is 6.59. The monoisotopic (exact) mass is 244 g/mol. The van der Waals surface area contributed by atoms with E-state index >= 15 is 0 Å². The van der Waals surface area contributed by atoms with Crippen molar-refractivity contribution in [2.45, 2.75) is 44.1 Å². The fourth-order valence-corrected chi connectivity index (χ4v) is 3.11. The quantitative estimate of drug-likeness (QED) is 0.741. The Balaban J connectivity index is 2.27. The zero-order valence-corrected chi connectivity index (χ0v) is 12.0. The van der Waals surface area contributed by atoms with Crippen molar-refractivity contribution >= 4 is 11.8 Å². The molecule has 1 N–H and O–H groups in total. The van der Waals surface area contributed by atoms with Gasteiger partial charge in [-0.1, -0.05) is 19.3 Å². The second kappa shape index (κ2) is 7.57. The van der Waals surface area contributed by atoms with Crippen LogP contribution in [0.15, 0.2) is 0 Å². The summed E-state index contributed by atoms with van der Waals surface area (Å²) >= 11 is 1.94. The molecule has 0 saturated heterocycles. The molecule has 1 aliphatic rings. The van der Waals surface area contributed by atoms with E-state index in [-0.39, 0.29) is 0 Å². The minimum absolute atomic E-state index is 0.450. The van der Waals surface area contributed by atoms with Gasteiger partial charge in [-0.15, -0.1) is 0 Å². The van der Waals surface area contributed by atoms with Crippen LogP contribution in [0, 0.1) is 0 Å². The van der Waals surface area contributed by atoms with Gasteiger partial charge in [0, 0.05) is 17.8 Å². The normalized spacial score (nSPS) is 20.2. The molecule has 0 aromatic heterocycles. The molecule has 1 aliphatic carbocycles. The number of hydrogen-bond acceptors (Lipinski definition) is 3. The molecule has 16 heavy (non-hydrogen) atoms. The summed E-state index contributed by atoms with van der Waals surface area (Å²) in [6, 6.07) is 0. The first kappa shape index (κ1) is 14.3. The maximum Gasteiger partial charge on any atom is 0.0190 e. The molecule has 0 atom stereocenters. The zero-order valence-electron chi connectivity index (χ0n) is 11.2. The Hall–Kier alpha value is 0.270. The van der Waals surface area contributed by atoms with E-state index in [4.69, 9.17) is 0 Å². The number of rotatable bonds is 7. The van der Waals surface area contributed by atoms with Crippen LogP contribution in [-0.4, -0.2) is 49.6 Å². The van der Waals surface area contributed by atoms with E-state index in [0.29, 0.717) is 5.54 Å². The van der Waals surface area contributed by atoms with E-state index in [9.17, 15) is 0 Å². The Bertz CT molecular complexity index is 179. The van der Waals surface area contributed by atoms with Crippen LogP contribution in [0.4, 0.5) is 0 Å². The van der Waals surface area contributed by atoms with Crippen LogP contribution in [0.25, 0.3) is 0 Å². The number of thioether (sulfide) groups is 1. The van der Waals surface area contributed by atoms with Gasteiger partial charge in [-0.3, -0.25) is 0 Å². The fraction of sp³-hybridized carbons (Fsp3) is 1.00. The SMILES string of the molecule is CNC1(CCN(C)CCSC)CCCCC1. The van der Waals surface area contributed by atoms with Crippen molar-refractivity contribution in [3.63, 3.8) is 0 Å². The molecule has 0 aromatic carbocycles. The van der Waals surface area contributed by atoms with Gasteiger partial charge in [0.05, 0.1) is 0 Å². The Morgan fingerprint density at radius 3 is 2.44 bits per heavy atom. The maximum absolute atomic E-state index is 3.60. The van der Waals surface area contributed by atoms with Gasteiger partial charge in [-0.05, 0) is 46.2 Å². The van der Waals surface area contributed by atoms with Crippen LogP contribution in [0.1, 0.15) is 38.5 Å². The third kappa shape index (κ3) is 4.64. The van der Waals surface area contributed by atoms with Crippen LogP contribution in [0.5, 0.6) is 0 Å². The average molecular weight is 244 g/mol. The van der Waals surface area contributed by atoms with Crippen LogP contribution in [-0.2, 0) is 0 Å². The van der Waals surface area contributed by atoms with Gasteiger partial charge in [0.2, 0.25) is 0 Å². The molecule has 0 bridgehead atoms. The summed E-state index contributed by atoms with van der Waals surface area (Å²) in [5, 5.41) is 3.60. The summed E-state index contributed by atoms with van der Waals surface area (Å²) in [7, 11) is 4.40. The zero-order chi connectivity index (χ0) is 11.9. The summed E-state index contributed by atoms with van der Waals surface area (Å²) in [4.78, 5) is 2.48. The van der Waals surface area contributed by atoms with Crippen LogP contribution in [0.2, 0.25) is 0 Å². The number of nitrogens with zero attached hydrogens (tertiary/aromatic N) is 1. The van der Waals surface area contributed by atoms with Crippen molar-refractivity contribution in [2.75, 3.05) is 39.2 Å². The van der Waals surface area contributed by atoms with Crippen LogP contribution < -0.4 is 5.32 Å². The van der Waals surface area contributed by atoms with E-state index in [2.05, 4.69) is 30.6 Å². The van der Waals surface area contributed by atoms with Crippen molar-refractivity contribution in [2.24, 2.45) is 0 Å². The molecule has 1 fully saturated rings. The first-order valence-corrected chi connectivity index (χ1v) is 7.98. The van der Waals surface area contributed by atoms with Gasteiger partial charge >= 0.3 is 0 Å². The highest BCUT2D eigenvalue weighted by atomic mass is 32.2. The third-order valence-electron chi connectivity index (χ3n) is 3.99. The molecule has 0 amide bonds. The van der Waals surface area contributed by atoms with E-state index < -0.39 is 0 Å². The average Bonchev–Trinajstić information content (AvgIpc) is 2.35. The fourth-order valence-electron chi connectivity index (χ4n) is 2.62. The molecule has 0 aromatic rings. The standard InChI is InChI=1S/C13H28N2S/c1-14-13(7-5-4-6-8-13)9-10-15(2)11-12-16-3/h14H,4-12H2,1-3H3. The molecular weight excluding hydrogens is 216 g/mol. The molecule has 0 radical (unpaired) electrons. The Morgan fingerprint density at radius 1 is 1.19 bits per heavy atom. The van der Waals surface area contributed by atoms with Crippen LogP contribution >= 0.6 is 11.8 Å². The summed E-state index contributed by atoms with van der Waals surface area (Å²) in [5.74, 6) is 1.25. The Morgan fingerprint density at radius 2 is 1.88 bits per heavy atom. The summed E-state index contributed by atoms with van der Waals surface area (Å²) in [5.41, 5.74) is 0.450. The maximum atomic E-state index is 3.60. The molecule has 2 nitrogen and oxygen atoms in total. The lowest BCUT2D eigenvalue weighted by Gasteiger charge is -2.38. The summed E-state index contributed by atoms with van der Waals surface area (Å²) in [6.07, 6.45) is 10.5. The third-order valence-corrected chi connectivity index (χ3v) is 4.58. The Labute approximate surface area is 106 Å². The lowest BCUT2D eigenvalue weighted by molar-refractivity contribution is 0.200. The number of hydrogen-bond donors (Lipinski definition) is 1. The lowest BCUT2D eigenvalue weighted by atomic mass is 9.79. The minimum Gasteiger partial charge on any atom is -0.314 e. The highest BCUT2D eigenvalue weighted by Crippen LogP contribution is 2.30. The second-order valence-electron chi connectivity index (χ2n) is 5.14. The van der Waals surface area contributed by atoms with Crippen molar-refractivity contribution < 1.29 is 0 Å². The molecular formula is C13H28N2S. The van der Waals surface area contributed by atoms with Gasteiger partial charge < -0.3 is 10.2 Å². The smallest absolute Gasteiger partial charge is 0.0190 e. The van der Waals surface area contributed by atoms with E-state index in [1.54, 1.807) is 0 Å². The highest BCUT2D eigenvalue weighted by molar-refractivity contribution is 7.98. The molecule has 3 heteroatoms. The Kier molecular flexibility index (Phi) is 6.78. The molecule has 0 heterocycles. The molecule has 0 spiro atoms. The molecule has 1 rings (SSSR count). The van der Waals surface area contributed by atoms with Crippen LogP contribution in [0.3, 0.4) is 0 Å². The first-order chi connectivity index (χ1) is 7.72. The van der Waals surface area contributed by atoms with Gasteiger partial charge in [-0.2, -0.15) is 11.8 Å². The second-order valence-corrected chi connectivity index (χ2v) is 6.12. The lowest BCUT2D eigenvalue weighted by Crippen LogP contribution is -2.46.